The van der Waals surface area contributed by atoms with Crippen molar-refractivity contribution < 1.29 is 0 Å². The summed E-state index contributed by atoms with van der Waals surface area (Å²) < 4.78 is 0. The van der Waals surface area contributed by atoms with Crippen LogP contribution in [0.3, 0.4) is 0 Å². The zero-order valence-corrected chi connectivity index (χ0v) is 13.3. The van der Waals surface area contributed by atoms with E-state index in [0.717, 1.165) is 18.4 Å². The van der Waals surface area contributed by atoms with Crippen molar-refractivity contribution in [3.63, 3.8) is 0 Å². The zero-order chi connectivity index (χ0) is 13.5. The van der Waals surface area contributed by atoms with Gasteiger partial charge in [-0.3, -0.25) is 0 Å². The minimum absolute atomic E-state index is 0.588. The number of nitrogens with one attached hydrogen (secondary N) is 1. The maximum atomic E-state index is 4.33. The quantitative estimate of drug-likeness (QED) is 0.769. The minimum Gasteiger partial charge on any atom is -0.314 e. The number of thiazole rings is 1. The molecule has 3 heteroatoms. The predicted octanol–water partition coefficient (Wildman–Crippen LogP) is 4.04. The average Bonchev–Trinajstić information content (AvgIpc) is 2.67. The van der Waals surface area contributed by atoms with Crippen LogP contribution in [0, 0.1) is 18.8 Å². The number of aromatic nitrogens is 1. The molecule has 0 saturated heterocycles. The van der Waals surface area contributed by atoms with Crippen LogP contribution in [-0.4, -0.2) is 17.6 Å². The molecule has 0 spiro atoms. The first-order valence-corrected chi connectivity index (χ1v) is 7.99. The fourth-order valence-corrected chi connectivity index (χ4v) is 3.07. The lowest BCUT2D eigenvalue weighted by atomic mass is 9.92. The van der Waals surface area contributed by atoms with E-state index in [1.807, 2.05) is 5.51 Å². The molecule has 0 radical (unpaired) electrons. The van der Waals surface area contributed by atoms with Crippen LogP contribution in [-0.2, 0) is 6.42 Å². The smallest absolute Gasteiger partial charge is 0.0797 e. The lowest BCUT2D eigenvalue weighted by Gasteiger charge is -2.21. The molecule has 1 rings (SSSR count). The molecule has 0 saturated carbocycles. The van der Waals surface area contributed by atoms with E-state index < -0.39 is 0 Å². The second-order valence-electron chi connectivity index (χ2n) is 5.96. The van der Waals surface area contributed by atoms with E-state index in [0.29, 0.717) is 6.04 Å². The third-order valence-corrected chi connectivity index (χ3v) is 4.24. The van der Waals surface area contributed by atoms with Crippen LogP contribution in [0.15, 0.2) is 5.51 Å². The number of rotatable bonds is 8. The van der Waals surface area contributed by atoms with Crippen LogP contribution in [0.2, 0.25) is 0 Å². The summed E-state index contributed by atoms with van der Waals surface area (Å²) >= 11 is 1.80. The van der Waals surface area contributed by atoms with Gasteiger partial charge >= 0.3 is 0 Å². The highest BCUT2D eigenvalue weighted by Crippen LogP contribution is 2.21. The van der Waals surface area contributed by atoms with Gasteiger partial charge in [0.25, 0.3) is 0 Å². The molecule has 0 aliphatic heterocycles. The van der Waals surface area contributed by atoms with E-state index >= 15 is 0 Å². The molecule has 0 aliphatic carbocycles. The normalized spacial score (nSPS) is 13.5. The molecule has 0 amide bonds. The predicted molar refractivity (Wildman–Crippen MR) is 81.3 cm³/mol. The number of hydrogen-bond acceptors (Lipinski definition) is 3. The highest BCUT2D eigenvalue weighted by Gasteiger charge is 2.13. The highest BCUT2D eigenvalue weighted by molar-refractivity contribution is 7.09. The van der Waals surface area contributed by atoms with E-state index in [1.54, 1.807) is 11.3 Å². The van der Waals surface area contributed by atoms with Gasteiger partial charge in [0.1, 0.15) is 0 Å². The molecule has 1 aromatic rings. The second-order valence-corrected chi connectivity index (χ2v) is 6.90. The van der Waals surface area contributed by atoms with Crippen molar-refractivity contribution in [2.24, 2.45) is 11.8 Å². The van der Waals surface area contributed by atoms with Gasteiger partial charge in [-0.15, -0.1) is 11.3 Å². The molecular weight excluding hydrogens is 240 g/mol. The molecule has 1 unspecified atom stereocenters. The fraction of sp³-hybridized carbons (Fsp3) is 0.800. The van der Waals surface area contributed by atoms with Gasteiger partial charge in [-0.2, -0.15) is 0 Å². The average molecular weight is 268 g/mol. The highest BCUT2D eigenvalue weighted by atomic mass is 32.1. The molecule has 1 heterocycles. The monoisotopic (exact) mass is 268 g/mol. The van der Waals surface area contributed by atoms with E-state index in [1.165, 1.54) is 29.8 Å². The molecule has 1 aromatic heterocycles. The van der Waals surface area contributed by atoms with Gasteiger partial charge in [0, 0.05) is 10.9 Å². The van der Waals surface area contributed by atoms with Crippen LogP contribution in [0.4, 0.5) is 0 Å². The van der Waals surface area contributed by atoms with E-state index in [-0.39, 0.29) is 0 Å². The molecule has 2 nitrogen and oxygen atoms in total. The third-order valence-electron chi connectivity index (χ3n) is 3.24. The molecule has 0 aliphatic rings. The van der Waals surface area contributed by atoms with Gasteiger partial charge in [-0.25, -0.2) is 4.98 Å². The summed E-state index contributed by atoms with van der Waals surface area (Å²) in [6, 6.07) is 0.588. The Hall–Kier alpha value is -0.410. The molecular formula is C15H28N2S. The van der Waals surface area contributed by atoms with Crippen molar-refractivity contribution in [3.05, 3.63) is 16.1 Å². The maximum Gasteiger partial charge on any atom is 0.0797 e. The Morgan fingerprint density at radius 2 is 2.00 bits per heavy atom. The summed E-state index contributed by atoms with van der Waals surface area (Å²) in [4.78, 5) is 5.80. The largest absolute Gasteiger partial charge is 0.314 e. The molecule has 0 aromatic carbocycles. The van der Waals surface area contributed by atoms with Gasteiger partial charge in [-0.1, -0.05) is 27.7 Å². The summed E-state index contributed by atoms with van der Waals surface area (Å²) in [6.45, 7) is 12.4. The van der Waals surface area contributed by atoms with Gasteiger partial charge in [-0.05, 0) is 44.6 Å². The first kappa shape index (κ1) is 15.6. The summed E-state index contributed by atoms with van der Waals surface area (Å²) in [7, 11) is 0. The number of hydrogen-bond donors (Lipinski definition) is 1. The summed E-state index contributed by atoms with van der Waals surface area (Å²) in [5, 5.41) is 3.58. The minimum atomic E-state index is 0.588. The molecule has 1 atom stereocenters. The van der Waals surface area contributed by atoms with Crippen LogP contribution in [0.5, 0.6) is 0 Å². The molecule has 0 fully saturated rings. The molecule has 104 valence electrons. The van der Waals surface area contributed by atoms with Crippen molar-refractivity contribution in [1.82, 2.24) is 10.3 Å². The number of aryl methyl sites for hydroxylation is 2. The summed E-state index contributed by atoms with van der Waals surface area (Å²) in [6.07, 6.45) is 3.78. The summed E-state index contributed by atoms with van der Waals surface area (Å²) in [5.74, 6) is 1.57. The second kappa shape index (κ2) is 7.90. The van der Waals surface area contributed by atoms with Crippen LogP contribution < -0.4 is 5.32 Å². The lowest BCUT2D eigenvalue weighted by Crippen LogP contribution is -2.29. The Kier molecular flexibility index (Phi) is 6.87. The third kappa shape index (κ3) is 5.96. The van der Waals surface area contributed by atoms with Gasteiger partial charge < -0.3 is 5.32 Å². The Labute approximate surface area is 116 Å². The number of nitrogens with zero attached hydrogens (tertiary/aromatic N) is 1. The molecule has 0 bridgehead atoms. The topological polar surface area (TPSA) is 24.9 Å². The van der Waals surface area contributed by atoms with Crippen molar-refractivity contribution in [1.29, 1.82) is 0 Å². The Morgan fingerprint density at radius 1 is 1.28 bits per heavy atom. The van der Waals surface area contributed by atoms with Crippen LogP contribution in [0.1, 0.15) is 51.1 Å². The Bertz CT molecular complexity index is 331. The standard InChI is InChI=1S/C15H28N2S/c1-11(2)8-14(9-16-12(3)4)6-7-15-13(5)17-10-18-15/h10-12,14,16H,6-9H2,1-5H3. The van der Waals surface area contributed by atoms with Crippen molar-refractivity contribution in [3.8, 4) is 0 Å². The maximum absolute atomic E-state index is 4.33. The zero-order valence-electron chi connectivity index (χ0n) is 12.5. The van der Waals surface area contributed by atoms with E-state index in [4.69, 9.17) is 0 Å². The first-order chi connectivity index (χ1) is 8.49. The van der Waals surface area contributed by atoms with Gasteiger partial charge in [0.15, 0.2) is 0 Å². The van der Waals surface area contributed by atoms with Crippen molar-refractivity contribution in [2.75, 3.05) is 6.54 Å². The molecule has 18 heavy (non-hydrogen) atoms. The van der Waals surface area contributed by atoms with Gasteiger partial charge in [0.2, 0.25) is 0 Å². The Morgan fingerprint density at radius 3 is 2.50 bits per heavy atom. The first-order valence-electron chi connectivity index (χ1n) is 7.11. The lowest BCUT2D eigenvalue weighted by molar-refractivity contribution is 0.356. The van der Waals surface area contributed by atoms with E-state index in [2.05, 4.69) is 44.9 Å². The van der Waals surface area contributed by atoms with Gasteiger partial charge in [0.05, 0.1) is 11.2 Å². The summed E-state index contributed by atoms with van der Waals surface area (Å²) in [5.41, 5.74) is 3.19. The fourth-order valence-electron chi connectivity index (χ4n) is 2.27. The van der Waals surface area contributed by atoms with Crippen LogP contribution >= 0.6 is 11.3 Å². The van der Waals surface area contributed by atoms with E-state index in [9.17, 15) is 0 Å². The molecule has 1 N–H and O–H groups in total. The SMILES string of the molecule is Cc1ncsc1CCC(CNC(C)C)CC(C)C. The van der Waals surface area contributed by atoms with Crippen molar-refractivity contribution in [2.45, 2.75) is 59.9 Å². The van der Waals surface area contributed by atoms with Crippen molar-refractivity contribution >= 4 is 11.3 Å². The van der Waals surface area contributed by atoms with Crippen LogP contribution in [0.25, 0.3) is 0 Å². The Balaban J connectivity index is 2.42.